The summed E-state index contributed by atoms with van der Waals surface area (Å²) in [5.41, 5.74) is -0.293. The van der Waals surface area contributed by atoms with Gasteiger partial charge in [0.15, 0.2) is 23.7 Å². The molecule has 2 aromatic carbocycles. The number of carbonyl (C=O) groups is 1. The summed E-state index contributed by atoms with van der Waals surface area (Å²) >= 11 is -0.167. The molecule has 0 radical (unpaired) electrons. The molecule has 0 atom stereocenters. The van der Waals surface area contributed by atoms with Gasteiger partial charge >= 0.3 is 5.63 Å². The zero-order chi connectivity index (χ0) is 24.8. The summed E-state index contributed by atoms with van der Waals surface area (Å²) < 4.78 is 34.2. The number of aromatic nitrogens is 3. The van der Waals surface area contributed by atoms with Crippen molar-refractivity contribution in [1.29, 1.82) is 0 Å². The Morgan fingerprint density at radius 2 is 1.86 bits per heavy atom. The molecule has 1 saturated heterocycles. The largest absolute Gasteiger partial charge is 0.421 e. The predicted molar refractivity (Wildman–Crippen MR) is 135 cm³/mol. The number of carbonyl (C=O) groups excluding carboxylic acids is 1. The van der Waals surface area contributed by atoms with Crippen LogP contribution in [-0.2, 0) is 0 Å². The third-order valence-corrected chi connectivity index (χ3v) is 6.93. The van der Waals surface area contributed by atoms with Crippen molar-refractivity contribution in [2.75, 3.05) is 37.6 Å². The molecule has 36 heavy (non-hydrogen) atoms. The molecule has 1 aliphatic heterocycles. The van der Waals surface area contributed by atoms with Gasteiger partial charge in [0.2, 0.25) is 5.78 Å². The van der Waals surface area contributed by atoms with Gasteiger partial charge in [-0.1, -0.05) is 18.2 Å². The van der Waals surface area contributed by atoms with Crippen LogP contribution in [0.5, 0.6) is 0 Å². The average molecular weight is 508 g/mol. The molecular formula is C25H19F2N5O3S. The summed E-state index contributed by atoms with van der Waals surface area (Å²) in [7, 11) is 0. The SMILES string of the molecule is O=C(CN1CCN(c2nccc3ccc(F)cc23)CC1)c1nc2c(=O)oc3ccccc3c2n1SF. The Morgan fingerprint density at radius 3 is 2.67 bits per heavy atom. The molecule has 6 rings (SSSR count). The van der Waals surface area contributed by atoms with Crippen LogP contribution in [0.15, 0.2) is 63.9 Å². The number of hydrogen-bond donors (Lipinski definition) is 0. The first-order valence-corrected chi connectivity index (χ1v) is 12.0. The van der Waals surface area contributed by atoms with Crippen LogP contribution in [0.25, 0.3) is 32.8 Å². The fourth-order valence-electron chi connectivity index (χ4n) is 4.70. The minimum Gasteiger partial charge on any atom is -0.421 e. The van der Waals surface area contributed by atoms with Crippen molar-refractivity contribution in [1.82, 2.24) is 18.8 Å². The molecule has 8 nitrogen and oxygen atoms in total. The summed E-state index contributed by atoms with van der Waals surface area (Å²) in [6, 6.07) is 13.2. The molecule has 1 aliphatic rings. The van der Waals surface area contributed by atoms with E-state index < -0.39 is 11.4 Å². The number of anilines is 1. The third-order valence-electron chi connectivity index (χ3n) is 6.44. The van der Waals surface area contributed by atoms with Gasteiger partial charge in [0.25, 0.3) is 0 Å². The highest BCUT2D eigenvalue weighted by atomic mass is 32.2. The zero-order valence-corrected chi connectivity index (χ0v) is 19.7. The van der Waals surface area contributed by atoms with Crippen molar-refractivity contribution in [2.45, 2.75) is 0 Å². The van der Waals surface area contributed by atoms with Crippen LogP contribution < -0.4 is 10.5 Å². The van der Waals surface area contributed by atoms with E-state index in [4.69, 9.17) is 4.42 Å². The van der Waals surface area contributed by atoms with Gasteiger partial charge < -0.3 is 9.32 Å². The fraction of sp³-hybridized carbons (Fsp3) is 0.200. The first-order chi connectivity index (χ1) is 17.5. The van der Waals surface area contributed by atoms with E-state index in [0.717, 1.165) is 14.7 Å². The predicted octanol–water partition coefficient (Wildman–Crippen LogP) is 4.22. The number of nitrogens with zero attached hydrogens (tertiary/aromatic N) is 5. The van der Waals surface area contributed by atoms with Crippen LogP contribution in [0.4, 0.5) is 14.1 Å². The standard InChI is InChI=1S/C25H19F2N5O3S/c26-16-6-5-15-7-8-28-23(18(15)13-16)31-11-9-30(10-12-31)14-19(33)24-29-21-22(32(24)36-27)17-3-1-2-4-20(17)35-25(21)34/h1-8,13H,9-12,14H2. The molecule has 0 amide bonds. The van der Waals surface area contributed by atoms with E-state index in [1.807, 2.05) is 11.0 Å². The second-order valence-corrected chi connectivity index (χ2v) is 9.07. The highest BCUT2D eigenvalue weighted by Gasteiger charge is 2.27. The van der Waals surface area contributed by atoms with Gasteiger partial charge in [-0.05, 0) is 35.7 Å². The smallest absolute Gasteiger partial charge is 0.364 e. The van der Waals surface area contributed by atoms with E-state index >= 15 is 0 Å². The van der Waals surface area contributed by atoms with Crippen molar-refractivity contribution in [3.05, 3.63) is 76.8 Å². The maximum atomic E-state index is 14.0. The van der Waals surface area contributed by atoms with Crippen molar-refractivity contribution < 1.29 is 17.5 Å². The summed E-state index contributed by atoms with van der Waals surface area (Å²) in [6.07, 6.45) is 1.70. The van der Waals surface area contributed by atoms with Gasteiger partial charge in [-0.15, -0.1) is 3.89 Å². The molecule has 0 saturated carbocycles. The van der Waals surface area contributed by atoms with Crippen molar-refractivity contribution in [3.63, 3.8) is 0 Å². The highest BCUT2D eigenvalue weighted by molar-refractivity contribution is 7.93. The number of Topliss-reactive ketones (excluding diaryl/α,β-unsaturated/α-hetero) is 1. The summed E-state index contributed by atoms with van der Waals surface area (Å²) in [5, 5.41) is 2.14. The van der Waals surface area contributed by atoms with Crippen LogP contribution in [0.2, 0.25) is 0 Å². The quantitative estimate of drug-likeness (QED) is 0.258. The summed E-state index contributed by atoms with van der Waals surface area (Å²) in [4.78, 5) is 38.2. The highest BCUT2D eigenvalue weighted by Crippen LogP contribution is 2.29. The van der Waals surface area contributed by atoms with E-state index in [0.29, 0.717) is 43.0 Å². The molecule has 4 heterocycles. The van der Waals surface area contributed by atoms with E-state index in [2.05, 4.69) is 14.9 Å². The molecule has 182 valence electrons. The summed E-state index contributed by atoms with van der Waals surface area (Å²) in [6.45, 7) is 2.27. The molecule has 0 aliphatic carbocycles. The lowest BCUT2D eigenvalue weighted by atomic mass is 10.1. The number of imidazole rings is 1. The Kier molecular flexibility index (Phi) is 5.65. The molecule has 1 fully saturated rings. The number of hydrogen-bond acceptors (Lipinski definition) is 8. The lowest BCUT2D eigenvalue weighted by Crippen LogP contribution is -2.48. The van der Waals surface area contributed by atoms with Crippen LogP contribution >= 0.6 is 12.3 Å². The first-order valence-electron chi connectivity index (χ1n) is 11.3. The fourth-order valence-corrected chi connectivity index (χ4v) is 5.16. The number of para-hydroxylation sites is 1. The Hall–Kier alpha value is -3.83. The van der Waals surface area contributed by atoms with E-state index in [1.54, 1.807) is 36.5 Å². The second kappa shape index (κ2) is 8.99. The summed E-state index contributed by atoms with van der Waals surface area (Å²) in [5.74, 6) is -0.169. The lowest BCUT2D eigenvalue weighted by molar-refractivity contribution is 0.0916. The minimum atomic E-state index is -0.724. The minimum absolute atomic E-state index is 0.0125. The Labute approximate surface area is 207 Å². The first kappa shape index (κ1) is 22.6. The molecule has 11 heteroatoms. The Morgan fingerprint density at radius 1 is 1.06 bits per heavy atom. The number of pyridine rings is 1. The van der Waals surface area contributed by atoms with Crippen molar-refractivity contribution in [2.24, 2.45) is 0 Å². The number of piperazine rings is 1. The molecule has 3 aromatic heterocycles. The van der Waals surface area contributed by atoms with Gasteiger partial charge in [-0.25, -0.2) is 23.1 Å². The van der Waals surface area contributed by atoms with Gasteiger partial charge in [0.1, 0.15) is 22.7 Å². The molecule has 0 bridgehead atoms. The van der Waals surface area contributed by atoms with E-state index in [9.17, 15) is 17.9 Å². The second-order valence-electron chi connectivity index (χ2n) is 8.57. The third kappa shape index (κ3) is 3.80. The lowest BCUT2D eigenvalue weighted by Gasteiger charge is -2.35. The topological polar surface area (TPSA) is 84.5 Å². The van der Waals surface area contributed by atoms with Crippen LogP contribution in [0, 0.1) is 5.82 Å². The number of halogens is 2. The normalized spacial score (nSPS) is 14.8. The molecule has 0 spiro atoms. The Balaban J connectivity index is 1.24. The maximum absolute atomic E-state index is 14.0. The maximum Gasteiger partial charge on any atom is 0.364 e. The van der Waals surface area contributed by atoms with Gasteiger partial charge in [-0.2, -0.15) is 0 Å². The van der Waals surface area contributed by atoms with Crippen molar-refractivity contribution >= 4 is 56.7 Å². The molecule has 5 aromatic rings. The molecular weight excluding hydrogens is 488 g/mol. The molecule has 0 N–H and O–H groups in total. The van der Waals surface area contributed by atoms with Gasteiger partial charge in [-0.3, -0.25) is 9.69 Å². The van der Waals surface area contributed by atoms with E-state index in [1.165, 1.54) is 12.1 Å². The number of benzene rings is 2. The van der Waals surface area contributed by atoms with Crippen LogP contribution in [-0.4, -0.2) is 57.3 Å². The van der Waals surface area contributed by atoms with E-state index in [-0.39, 0.29) is 41.6 Å². The number of ketones is 1. The van der Waals surface area contributed by atoms with Crippen molar-refractivity contribution in [3.8, 4) is 0 Å². The average Bonchev–Trinajstić information content (AvgIpc) is 3.30. The monoisotopic (exact) mass is 507 g/mol. The number of rotatable bonds is 5. The Bertz CT molecular complexity index is 1690. The van der Waals surface area contributed by atoms with Crippen LogP contribution in [0.1, 0.15) is 10.6 Å². The number of fused-ring (bicyclic) bond motifs is 4. The van der Waals surface area contributed by atoms with Gasteiger partial charge in [0.05, 0.1) is 6.54 Å². The molecule has 0 unspecified atom stereocenters. The zero-order valence-electron chi connectivity index (χ0n) is 18.9. The van der Waals surface area contributed by atoms with Crippen LogP contribution in [0.3, 0.4) is 0 Å². The van der Waals surface area contributed by atoms with Gasteiger partial charge in [0, 0.05) is 43.1 Å².